The van der Waals surface area contributed by atoms with Gasteiger partial charge in [0.05, 0.1) is 6.10 Å². The summed E-state index contributed by atoms with van der Waals surface area (Å²) in [5.74, 6) is 0. The van der Waals surface area contributed by atoms with Crippen molar-refractivity contribution in [2.24, 2.45) is 0 Å². The third-order valence-electron chi connectivity index (χ3n) is 5.61. The number of rotatable bonds is 1. The Hall–Kier alpha value is -0.120. The zero-order chi connectivity index (χ0) is 13.2. The minimum Gasteiger partial charge on any atom is -0.391 e. The normalized spacial score (nSPS) is 42.6. The molecule has 0 aromatic heterocycles. The Morgan fingerprint density at radius 3 is 2.53 bits per heavy atom. The molecule has 1 aliphatic carbocycles. The van der Waals surface area contributed by atoms with Crippen molar-refractivity contribution in [2.45, 2.75) is 82.5 Å². The first kappa shape index (κ1) is 13.8. The summed E-state index contributed by atoms with van der Waals surface area (Å²) in [6.45, 7) is 6.08. The van der Waals surface area contributed by atoms with Crippen LogP contribution in [0.5, 0.6) is 0 Å². The van der Waals surface area contributed by atoms with Gasteiger partial charge in [-0.2, -0.15) is 0 Å². The highest BCUT2D eigenvalue weighted by Gasteiger charge is 2.39. The van der Waals surface area contributed by atoms with E-state index >= 15 is 0 Å². The van der Waals surface area contributed by atoms with E-state index in [1.807, 2.05) is 0 Å². The molecular formula is C16H30N2O. The first-order valence-corrected chi connectivity index (χ1v) is 8.43. The van der Waals surface area contributed by atoms with E-state index in [1.165, 1.54) is 64.6 Å². The summed E-state index contributed by atoms with van der Waals surface area (Å²) in [7, 11) is 0. The van der Waals surface area contributed by atoms with E-state index in [-0.39, 0.29) is 6.10 Å². The number of fused-ring (bicyclic) bond motifs is 1. The monoisotopic (exact) mass is 266 g/mol. The number of hydrogen-bond acceptors (Lipinski definition) is 3. The highest BCUT2D eigenvalue weighted by molar-refractivity contribution is 4.95. The number of piperazine rings is 1. The lowest BCUT2D eigenvalue weighted by molar-refractivity contribution is -0.0322. The first-order valence-electron chi connectivity index (χ1n) is 8.43. The van der Waals surface area contributed by atoms with Gasteiger partial charge in [0, 0.05) is 31.2 Å². The maximum absolute atomic E-state index is 10.5. The summed E-state index contributed by atoms with van der Waals surface area (Å²) in [5, 5.41) is 10.5. The Morgan fingerprint density at radius 1 is 0.895 bits per heavy atom. The second-order valence-electron chi connectivity index (χ2n) is 6.96. The lowest BCUT2D eigenvalue weighted by Crippen LogP contribution is -2.60. The molecule has 110 valence electrons. The van der Waals surface area contributed by atoms with Gasteiger partial charge in [-0.1, -0.05) is 25.7 Å². The fraction of sp³-hybridized carbons (Fsp3) is 1.00. The molecular weight excluding hydrogens is 236 g/mol. The minimum atomic E-state index is -0.0873. The van der Waals surface area contributed by atoms with Crippen LogP contribution >= 0.6 is 0 Å². The first-order chi connectivity index (χ1) is 9.25. The van der Waals surface area contributed by atoms with Gasteiger partial charge >= 0.3 is 0 Å². The van der Waals surface area contributed by atoms with Crippen molar-refractivity contribution in [3.8, 4) is 0 Å². The summed E-state index contributed by atoms with van der Waals surface area (Å²) in [6, 6.07) is 1.82. The third-order valence-corrected chi connectivity index (χ3v) is 5.61. The molecule has 4 atom stereocenters. The molecule has 1 saturated carbocycles. The molecule has 2 heterocycles. The van der Waals surface area contributed by atoms with E-state index in [9.17, 15) is 5.11 Å². The Morgan fingerprint density at radius 2 is 1.68 bits per heavy atom. The number of hydrogen-bond donors (Lipinski definition) is 1. The van der Waals surface area contributed by atoms with Crippen molar-refractivity contribution in [1.29, 1.82) is 0 Å². The molecule has 0 amide bonds. The highest BCUT2D eigenvalue weighted by Crippen LogP contribution is 2.30. The number of aliphatic hydroxyl groups is 1. The van der Waals surface area contributed by atoms with Crippen LogP contribution in [0.25, 0.3) is 0 Å². The summed E-state index contributed by atoms with van der Waals surface area (Å²) in [5.41, 5.74) is 0. The van der Waals surface area contributed by atoms with Gasteiger partial charge in [-0.3, -0.25) is 9.80 Å². The smallest absolute Gasteiger partial charge is 0.0695 e. The maximum atomic E-state index is 10.5. The summed E-state index contributed by atoms with van der Waals surface area (Å²) < 4.78 is 0. The van der Waals surface area contributed by atoms with Gasteiger partial charge in [0.25, 0.3) is 0 Å². The summed E-state index contributed by atoms with van der Waals surface area (Å²) in [4.78, 5) is 5.33. The lowest BCUT2D eigenvalue weighted by atomic mass is 9.91. The number of nitrogens with zero attached hydrogens (tertiary/aromatic N) is 2. The highest BCUT2D eigenvalue weighted by atomic mass is 16.3. The predicted molar refractivity (Wildman–Crippen MR) is 78.3 cm³/mol. The van der Waals surface area contributed by atoms with Gasteiger partial charge < -0.3 is 5.11 Å². The molecule has 3 rings (SSSR count). The topological polar surface area (TPSA) is 26.7 Å². The van der Waals surface area contributed by atoms with Gasteiger partial charge in [-0.15, -0.1) is 0 Å². The van der Waals surface area contributed by atoms with E-state index in [1.54, 1.807) is 0 Å². The molecule has 0 aromatic carbocycles. The second kappa shape index (κ2) is 6.11. The van der Waals surface area contributed by atoms with Gasteiger partial charge in [0.2, 0.25) is 0 Å². The van der Waals surface area contributed by atoms with E-state index < -0.39 is 0 Å². The van der Waals surface area contributed by atoms with Crippen LogP contribution in [0.1, 0.15) is 58.3 Å². The van der Waals surface area contributed by atoms with Crippen LogP contribution in [-0.4, -0.2) is 58.8 Å². The van der Waals surface area contributed by atoms with Crippen molar-refractivity contribution < 1.29 is 5.11 Å². The quantitative estimate of drug-likeness (QED) is 0.788. The summed E-state index contributed by atoms with van der Waals surface area (Å²) in [6.07, 6.45) is 10.1. The Bertz CT molecular complexity index is 296. The van der Waals surface area contributed by atoms with Crippen LogP contribution < -0.4 is 0 Å². The summed E-state index contributed by atoms with van der Waals surface area (Å²) >= 11 is 0. The molecule has 2 saturated heterocycles. The molecule has 3 heteroatoms. The van der Waals surface area contributed by atoms with Crippen LogP contribution in [-0.2, 0) is 0 Å². The van der Waals surface area contributed by atoms with E-state index in [2.05, 4.69) is 16.7 Å². The van der Waals surface area contributed by atoms with Gasteiger partial charge in [-0.25, -0.2) is 0 Å². The Labute approximate surface area is 118 Å². The SMILES string of the molecule is CC1CN2CCCC2CN1C1CCCCCCC1O. The maximum Gasteiger partial charge on any atom is 0.0695 e. The predicted octanol–water partition coefficient (Wildman–Crippen LogP) is 2.24. The fourth-order valence-corrected chi connectivity index (χ4v) is 4.50. The zero-order valence-electron chi connectivity index (χ0n) is 12.4. The lowest BCUT2D eigenvalue weighted by Gasteiger charge is -2.47. The van der Waals surface area contributed by atoms with Crippen LogP contribution in [0.3, 0.4) is 0 Å². The molecule has 3 fully saturated rings. The third kappa shape index (κ3) is 2.98. The molecule has 19 heavy (non-hydrogen) atoms. The second-order valence-corrected chi connectivity index (χ2v) is 6.96. The van der Waals surface area contributed by atoms with Gasteiger partial charge in [0.1, 0.15) is 0 Å². The van der Waals surface area contributed by atoms with Crippen molar-refractivity contribution in [1.82, 2.24) is 9.80 Å². The number of aliphatic hydroxyl groups excluding tert-OH is 1. The fourth-order valence-electron chi connectivity index (χ4n) is 4.50. The molecule has 3 nitrogen and oxygen atoms in total. The zero-order valence-corrected chi connectivity index (χ0v) is 12.4. The van der Waals surface area contributed by atoms with Gasteiger partial charge in [0.15, 0.2) is 0 Å². The molecule has 2 aliphatic heterocycles. The Balaban J connectivity index is 1.68. The van der Waals surface area contributed by atoms with Crippen LogP contribution in [0, 0.1) is 0 Å². The van der Waals surface area contributed by atoms with Crippen molar-refractivity contribution in [3.05, 3.63) is 0 Å². The minimum absolute atomic E-state index is 0.0873. The molecule has 0 spiro atoms. The van der Waals surface area contributed by atoms with Crippen molar-refractivity contribution in [2.75, 3.05) is 19.6 Å². The van der Waals surface area contributed by atoms with E-state index in [0.717, 1.165) is 12.5 Å². The van der Waals surface area contributed by atoms with Crippen molar-refractivity contribution in [3.63, 3.8) is 0 Å². The molecule has 1 N–H and O–H groups in total. The standard InChI is InChI=1S/C16H30N2O/c1-13-11-17-10-6-7-14(17)12-18(13)15-8-4-2-3-5-9-16(15)19/h13-16,19H,2-12H2,1H3. The molecule has 3 aliphatic rings. The largest absolute Gasteiger partial charge is 0.391 e. The molecule has 0 radical (unpaired) electrons. The van der Waals surface area contributed by atoms with Crippen LogP contribution in [0.2, 0.25) is 0 Å². The van der Waals surface area contributed by atoms with E-state index in [0.29, 0.717) is 12.1 Å². The van der Waals surface area contributed by atoms with E-state index in [4.69, 9.17) is 0 Å². The van der Waals surface area contributed by atoms with Crippen LogP contribution in [0.4, 0.5) is 0 Å². The molecule has 0 aromatic rings. The van der Waals surface area contributed by atoms with Gasteiger partial charge in [-0.05, 0) is 39.2 Å². The molecule has 4 unspecified atom stereocenters. The van der Waals surface area contributed by atoms with Crippen LogP contribution in [0.15, 0.2) is 0 Å². The Kier molecular flexibility index (Phi) is 4.45. The molecule has 0 bridgehead atoms. The average Bonchev–Trinajstić information content (AvgIpc) is 2.81. The van der Waals surface area contributed by atoms with Crippen molar-refractivity contribution >= 4 is 0 Å². The average molecular weight is 266 g/mol.